The lowest BCUT2D eigenvalue weighted by Gasteiger charge is -2.39. The number of sulfonamides is 1. The molecule has 7 heteroatoms. The number of nitrogens with zero attached hydrogens (tertiary/aromatic N) is 1. The Morgan fingerprint density at radius 2 is 1.78 bits per heavy atom. The van der Waals surface area contributed by atoms with E-state index in [2.05, 4.69) is 47.3 Å². The van der Waals surface area contributed by atoms with E-state index in [1.807, 2.05) is 30.3 Å². The third-order valence-electron chi connectivity index (χ3n) is 11.0. The van der Waals surface area contributed by atoms with E-state index < -0.39 is 30.4 Å². The highest BCUT2D eigenvalue weighted by Gasteiger charge is 2.72. The topological polar surface area (TPSA) is 63.7 Å². The Kier molecular flexibility index (Phi) is 6.68. The summed E-state index contributed by atoms with van der Waals surface area (Å²) in [5, 5.41) is 0. The zero-order valence-electron chi connectivity index (χ0n) is 23.1. The summed E-state index contributed by atoms with van der Waals surface area (Å²) >= 11 is 0. The van der Waals surface area contributed by atoms with E-state index >= 15 is 0 Å². The van der Waals surface area contributed by atoms with E-state index in [1.165, 1.54) is 4.31 Å². The fraction of sp³-hybridized carbons (Fsp3) is 0.633. The second-order valence-corrected chi connectivity index (χ2v) is 19.0. The van der Waals surface area contributed by atoms with Crippen LogP contribution in [0.4, 0.5) is 0 Å². The maximum Gasteiger partial charge on any atom is 0.242 e. The van der Waals surface area contributed by atoms with Crippen molar-refractivity contribution in [1.29, 1.82) is 0 Å². The first-order chi connectivity index (χ1) is 17.5. The molecule has 1 amide bonds. The number of carbonyl (C=O) groups is 1. The summed E-state index contributed by atoms with van der Waals surface area (Å²) in [6.45, 7) is 15.4. The summed E-state index contributed by atoms with van der Waals surface area (Å²) in [5.74, 6) is -0.203. The minimum absolute atomic E-state index is 0.0644. The molecule has 1 aliphatic heterocycles. The lowest BCUT2D eigenvalue weighted by molar-refractivity contribution is -0.135. The molecule has 0 N–H and O–H groups in total. The van der Waals surface area contributed by atoms with Gasteiger partial charge in [-0.2, -0.15) is 0 Å². The summed E-state index contributed by atoms with van der Waals surface area (Å²) in [7, 11) is -5.78. The third kappa shape index (κ3) is 3.86. The normalized spacial score (nSPS) is 33.4. The quantitative estimate of drug-likeness (QED) is 0.357. The molecule has 3 aliphatic carbocycles. The van der Waals surface area contributed by atoms with Gasteiger partial charge in [-0.1, -0.05) is 77.6 Å². The van der Waals surface area contributed by atoms with E-state index in [1.54, 1.807) is 0 Å². The largest absolute Gasteiger partial charge is 0.409 e. The number of fused-ring (bicyclic) bond motifs is 1. The van der Waals surface area contributed by atoms with Crippen molar-refractivity contribution < 1.29 is 17.6 Å². The van der Waals surface area contributed by atoms with Crippen molar-refractivity contribution in [3.63, 3.8) is 0 Å². The summed E-state index contributed by atoms with van der Waals surface area (Å²) in [6, 6.07) is 12.7. The van der Waals surface area contributed by atoms with Crippen LogP contribution in [0, 0.1) is 22.7 Å². The maximum atomic E-state index is 14.4. The lowest BCUT2D eigenvalue weighted by Crippen LogP contribution is -2.50. The standard InChI is InChI=1S/C30H43NO4SSi/c1-7-37(8-2,9-3)35-27-24(21(4)22-13-11-10-12-14-22)15-16-25(27)28(32)31-26-19-23-17-18-30(26,29(23,5)6)20-36(31,33)34/h10-15,23,25-27H,4,7-9,16-20H2,1-3,5-6H3/t23-,25-,26-,27+,30-/m1/s1. The SMILES string of the molecule is C=C(C1=CC[C@@H](C(=O)N2[C@@H]3C[C@H]4CC[C@]3(CS2(=O)=O)C4(C)C)[C@H]1O[Si](CC)(CC)CC)c1ccccc1. The van der Waals surface area contributed by atoms with Crippen LogP contribution in [0.5, 0.6) is 0 Å². The molecule has 5 nitrogen and oxygen atoms in total. The molecular weight excluding hydrogens is 498 g/mol. The molecule has 5 rings (SSSR count). The Balaban J connectivity index is 1.51. The number of rotatable bonds is 8. The molecule has 2 saturated carbocycles. The molecule has 1 aromatic carbocycles. The Morgan fingerprint density at radius 3 is 2.38 bits per heavy atom. The number of hydrogen-bond donors (Lipinski definition) is 0. The van der Waals surface area contributed by atoms with Crippen molar-refractivity contribution in [2.45, 2.75) is 90.6 Å². The van der Waals surface area contributed by atoms with Gasteiger partial charge in [0.1, 0.15) is 0 Å². The molecule has 0 unspecified atom stereocenters. The van der Waals surface area contributed by atoms with Crippen LogP contribution in [-0.4, -0.2) is 44.8 Å². The molecule has 1 aromatic rings. The molecule has 0 aromatic heterocycles. The Labute approximate surface area is 224 Å². The average molecular weight is 542 g/mol. The molecule has 3 fully saturated rings. The summed E-state index contributed by atoms with van der Waals surface area (Å²) in [5.41, 5.74) is 2.45. The third-order valence-corrected chi connectivity index (χ3v) is 17.5. The van der Waals surface area contributed by atoms with Gasteiger partial charge in [0.15, 0.2) is 8.32 Å². The van der Waals surface area contributed by atoms with Crippen LogP contribution in [-0.2, 0) is 19.2 Å². The smallest absolute Gasteiger partial charge is 0.242 e. The second kappa shape index (κ2) is 9.20. The number of allylic oxidation sites excluding steroid dienone is 1. The predicted octanol–water partition coefficient (Wildman–Crippen LogP) is 6.40. The van der Waals surface area contributed by atoms with Crippen LogP contribution in [0.3, 0.4) is 0 Å². The minimum Gasteiger partial charge on any atom is -0.409 e. The highest BCUT2D eigenvalue weighted by Crippen LogP contribution is 2.70. The summed E-state index contributed by atoms with van der Waals surface area (Å²) in [6.07, 6.45) is 4.89. The van der Waals surface area contributed by atoms with Crippen LogP contribution < -0.4 is 0 Å². The monoisotopic (exact) mass is 541 g/mol. The van der Waals surface area contributed by atoms with E-state index in [0.717, 1.165) is 54.1 Å². The number of carbonyl (C=O) groups excluding carboxylic acids is 1. The van der Waals surface area contributed by atoms with Crippen molar-refractivity contribution in [3.8, 4) is 0 Å². The fourth-order valence-electron chi connectivity index (χ4n) is 8.20. The minimum atomic E-state index is -3.68. The summed E-state index contributed by atoms with van der Waals surface area (Å²) < 4.78 is 35.8. The van der Waals surface area contributed by atoms with Gasteiger partial charge < -0.3 is 4.43 Å². The van der Waals surface area contributed by atoms with Gasteiger partial charge in [0.05, 0.1) is 23.8 Å². The predicted molar refractivity (Wildman–Crippen MR) is 152 cm³/mol. The van der Waals surface area contributed by atoms with Gasteiger partial charge in [-0.25, -0.2) is 12.7 Å². The summed E-state index contributed by atoms with van der Waals surface area (Å²) in [4.78, 5) is 14.4. The Hall–Kier alpha value is -1.70. The van der Waals surface area contributed by atoms with Crippen molar-refractivity contribution in [2.24, 2.45) is 22.7 Å². The van der Waals surface area contributed by atoms with E-state index in [9.17, 15) is 13.2 Å². The number of hydrogen-bond acceptors (Lipinski definition) is 4. The van der Waals surface area contributed by atoms with Gasteiger partial charge in [-0.15, -0.1) is 0 Å². The average Bonchev–Trinajstić information content (AvgIpc) is 3.54. The van der Waals surface area contributed by atoms with Crippen molar-refractivity contribution in [1.82, 2.24) is 4.31 Å². The van der Waals surface area contributed by atoms with Crippen molar-refractivity contribution in [2.75, 3.05) is 5.75 Å². The molecular formula is C30H43NO4SSi. The van der Waals surface area contributed by atoms with Gasteiger partial charge >= 0.3 is 0 Å². The van der Waals surface area contributed by atoms with Crippen LogP contribution in [0.25, 0.3) is 5.57 Å². The molecule has 4 aliphatic rings. The number of amides is 1. The maximum absolute atomic E-state index is 14.4. The van der Waals surface area contributed by atoms with Gasteiger partial charge in [0.2, 0.25) is 15.9 Å². The van der Waals surface area contributed by atoms with Crippen molar-refractivity contribution in [3.05, 3.63) is 54.1 Å². The van der Waals surface area contributed by atoms with Crippen LogP contribution in [0.15, 0.2) is 48.6 Å². The van der Waals surface area contributed by atoms with Gasteiger partial charge in [0, 0.05) is 5.41 Å². The molecule has 0 radical (unpaired) electrons. The lowest BCUT2D eigenvalue weighted by atomic mass is 9.69. The first-order valence-electron chi connectivity index (χ1n) is 14.2. The van der Waals surface area contributed by atoms with Gasteiger partial charge in [0.25, 0.3) is 0 Å². The van der Waals surface area contributed by atoms with Gasteiger partial charge in [-0.05, 0) is 71.9 Å². The molecule has 1 heterocycles. The van der Waals surface area contributed by atoms with E-state index in [-0.39, 0.29) is 28.5 Å². The van der Waals surface area contributed by atoms with E-state index in [4.69, 9.17) is 4.43 Å². The Bertz CT molecular complexity index is 1210. The van der Waals surface area contributed by atoms with Crippen molar-refractivity contribution >= 4 is 29.8 Å². The highest BCUT2D eigenvalue weighted by atomic mass is 32.2. The molecule has 5 atom stereocenters. The molecule has 2 bridgehead atoms. The molecule has 202 valence electrons. The first-order valence-corrected chi connectivity index (χ1v) is 18.3. The van der Waals surface area contributed by atoms with Crippen LogP contribution in [0.2, 0.25) is 18.1 Å². The van der Waals surface area contributed by atoms with Gasteiger partial charge in [-0.3, -0.25) is 4.79 Å². The van der Waals surface area contributed by atoms with Crippen LogP contribution in [0.1, 0.15) is 65.9 Å². The fourth-order valence-corrected chi connectivity index (χ4v) is 13.6. The highest BCUT2D eigenvalue weighted by molar-refractivity contribution is 7.90. The molecule has 1 saturated heterocycles. The second-order valence-electron chi connectivity index (χ2n) is 12.4. The first kappa shape index (κ1) is 26.9. The Morgan fingerprint density at radius 1 is 1.14 bits per heavy atom. The zero-order valence-corrected chi connectivity index (χ0v) is 24.9. The van der Waals surface area contributed by atoms with Crippen LogP contribution >= 0.6 is 0 Å². The number of benzene rings is 1. The van der Waals surface area contributed by atoms with E-state index in [0.29, 0.717) is 12.3 Å². The molecule has 37 heavy (non-hydrogen) atoms. The zero-order chi connectivity index (χ0) is 26.8. The molecule has 1 spiro atoms.